The summed E-state index contributed by atoms with van der Waals surface area (Å²) in [7, 11) is 81.5. The zero-order chi connectivity index (χ0) is 74.8. The summed E-state index contributed by atoms with van der Waals surface area (Å²) in [6.45, 7) is 12.0. The minimum atomic E-state index is -0.834. The first-order valence-corrected chi connectivity index (χ1v) is 38.6. The molecule has 0 saturated heterocycles. The van der Waals surface area contributed by atoms with Gasteiger partial charge in [0.2, 0.25) is 0 Å². The number of quaternary nitrogens is 12. The van der Waals surface area contributed by atoms with E-state index in [4.69, 9.17) is 0 Å². The van der Waals surface area contributed by atoms with Crippen LogP contribution in [0.1, 0.15) is 66.8 Å². The van der Waals surface area contributed by atoms with E-state index in [0.717, 1.165) is 132 Å². The fourth-order valence-electron chi connectivity index (χ4n) is 13.8. The fraction of sp³-hybridized carbons (Fsp3) is 0.571. The third-order valence-electron chi connectivity index (χ3n) is 15.7. The second-order valence-electron chi connectivity index (χ2n) is 42.1. The first-order valence-electron chi connectivity index (χ1n) is 35.9. The van der Waals surface area contributed by atoms with Gasteiger partial charge in [-0.3, -0.25) is 0 Å². The van der Waals surface area contributed by atoms with Crippen LogP contribution in [-0.4, -0.2) is 308 Å². The quantitative estimate of drug-likeness (QED) is 0.0240. The molecule has 0 aromatic heterocycles. The monoisotopic (exact) mass is 3610 g/mol. The van der Waals surface area contributed by atoms with Gasteiger partial charge in [0.05, 0.1) is 254 Å². The average Bonchev–Trinajstić information content (AvgIpc) is 0.778. The molecule has 6 aromatic rings. The van der Waals surface area contributed by atoms with Crippen LogP contribution in [0.2, 0.25) is 0 Å². The second kappa shape index (κ2) is 61.9. The molecule has 678 valence electrons. The van der Waals surface area contributed by atoms with Crippen LogP contribution in [0.15, 0.2) is 109 Å². The average molecular weight is 3620 g/mol. The molecular weight excluding hydrogens is 3460 g/mol. The fourth-order valence-corrected chi connectivity index (χ4v) is 19.1. The Morgan fingerprint density at radius 3 is 0.243 bits per heavy atom. The Bertz CT molecular complexity index is 2870. The number of hydrogen-bond donors (Lipinski definition) is 0. The normalized spacial score (nSPS) is 11.7. The number of benzene rings is 6. The van der Waals surface area contributed by atoms with E-state index in [1.807, 2.05) is 0 Å². The van der Waals surface area contributed by atoms with Gasteiger partial charge in [0.25, 0.3) is 0 Å². The molecule has 6 rings (SSSR count). The van der Waals surface area contributed by atoms with Crippen LogP contribution in [0, 0.1) is 0 Å². The number of halogens is 16. The molecule has 0 atom stereocenters. The Morgan fingerprint density at radius 1 is 0.130 bits per heavy atom. The number of rotatable bonds is 30. The molecule has 0 heterocycles. The standard InChI is InChI=1S/2C42H75N6P.16HI.Pt/c2*1-43(2,3)28-34-19-35(29-44(4,5)6)23-40(22-34)49(41-24-36(30-45(7,8)9)20-37(25-41)31-46(10,11)12)42-26-38(32-47(13,14)15)21-39(27-42)33-48(16,17)18;;;;;;;;;;;;;;;;;/h2*19-27H,28-33H2,1-18H3;16*1H;/q2*+6;;;;;;;;;;;;;;;;;+4/p-16. The molecular formula is C84H150I16N12P2Pt. The molecule has 6 aromatic carbocycles. The van der Waals surface area contributed by atoms with Crippen LogP contribution in [0.5, 0.6) is 0 Å². The maximum Gasteiger partial charge on any atom is 4.00 e. The van der Waals surface area contributed by atoms with Crippen molar-refractivity contribution < 1.29 is 458 Å². The zero-order valence-electron chi connectivity index (χ0n) is 76.5. The third kappa shape index (κ3) is 65.4. The van der Waals surface area contributed by atoms with E-state index in [-0.39, 0.29) is 405 Å². The van der Waals surface area contributed by atoms with E-state index in [1.165, 1.54) is 98.6 Å². The van der Waals surface area contributed by atoms with Crippen molar-refractivity contribution in [2.45, 2.75) is 78.5 Å². The first-order chi connectivity index (χ1) is 43.8. The molecule has 0 fully saturated rings. The van der Waals surface area contributed by atoms with Gasteiger partial charge in [-0.1, -0.05) is 0 Å². The summed E-state index contributed by atoms with van der Waals surface area (Å²) in [6.07, 6.45) is 0. The molecule has 115 heavy (non-hydrogen) atoms. The number of nitrogens with zero attached hydrogens (tertiary/aromatic N) is 12. The molecule has 31 heteroatoms. The second-order valence-corrected chi connectivity index (χ2v) is 46.5. The Balaban J connectivity index is -0.000000143. The predicted molar refractivity (Wildman–Crippen MR) is 431 cm³/mol. The SMILES string of the molecule is C[N+](C)(C)Cc1cc(C[N+](C)(C)C)cc(P(c2cc(C[N+](C)(C)C)cc(C[N+](C)(C)C)c2)c2cc(C[N+](C)(C)C)cc(C[N+](C)(C)C)c2)c1.C[N+](C)(C)Cc1cc(C[N+](C)(C)C)cc(P(c2cc(C[N+](C)(C)C)cc(C[N+](C)(C)C)c2)c2cc(C[N+](C)(C)C)cc(C[N+](C)(C)C)c2)c1.[I-].[I-].[I-].[I-].[I-].[I-].[I-].[I-].[I-].[I-].[I-].[I-].[I-].[I-].[I-].[I-].[Pt+4]. The van der Waals surface area contributed by atoms with Crippen molar-refractivity contribution in [2.24, 2.45) is 0 Å². The summed E-state index contributed by atoms with van der Waals surface area (Å²) >= 11 is 0. The number of hydrogen-bond acceptors (Lipinski definition) is 0. The van der Waals surface area contributed by atoms with E-state index in [9.17, 15) is 0 Å². The molecule has 12 nitrogen and oxygen atoms in total. The third-order valence-corrected chi connectivity index (χ3v) is 20.3. The van der Waals surface area contributed by atoms with Crippen molar-refractivity contribution >= 4 is 47.7 Å². The van der Waals surface area contributed by atoms with E-state index >= 15 is 0 Å². The van der Waals surface area contributed by atoms with Crippen LogP contribution < -0.4 is 415 Å². The predicted octanol–water partition coefficient (Wildman–Crippen LogP) is -38.6. The largest absolute Gasteiger partial charge is 4.00 e. The molecule has 0 amide bonds. The maximum absolute atomic E-state index is 2.56. The molecule has 0 aliphatic carbocycles. The van der Waals surface area contributed by atoms with Crippen molar-refractivity contribution in [3.8, 4) is 0 Å². The summed E-state index contributed by atoms with van der Waals surface area (Å²) < 4.78 is 10.9. The zero-order valence-corrected chi connectivity index (χ0v) is 115. The minimum Gasteiger partial charge on any atom is -1.00 e. The topological polar surface area (TPSA) is 0 Å². The Hall–Kier alpha value is 8.07. The van der Waals surface area contributed by atoms with Crippen molar-refractivity contribution in [2.75, 3.05) is 254 Å². The van der Waals surface area contributed by atoms with E-state index in [2.05, 4.69) is 363 Å². The summed E-state index contributed by atoms with van der Waals surface area (Å²) in [5.74, 6) is 0. The van der Waals surface area contributed by atoms with Gasteiger partial charge in [-0.15, -0.1) is 0 Å². The van der Waals surface area contributed by atoms with Gasteiger partial charge in [0, 0.05) is 66.8 Å². The van der Waals surface area contributed by atoms with E-state index < -0.39 is 15.8 Å². The molecule has 0 aliphatic rings. The smallest absolute Gasteiger partial charge is 1.00 e. The molecule has 0 bridgehead atoms. The first kappa shape index (κ1) is 151. The van der Waals surface area contributed by atoms with Gasteiger partial charge >= 0.3 is 21.1 Å². The van der Waals surface area contributed by atoms with Gasteiger partial charge in [0.15, 0.2) is 0 Å². The van der Waals surface area contributed by atoms with Gasteiger partial charge < -0.3 is 437 Å². The van der Waals surface area contributed by atoms with Gasteiger partial charge in [-0.05, 0) is 157 Å². The molecule has 0 spiro atoms. The Morgan fingerprint density at radius 2 is 0.191 bits per heavy atom. The van der Waals surface area contributed by atoms with Gasteiger partial charge in [-0.25, -0.2) is 0 Å². The Labute approximate surface area is 997 Å². The van der Waals surface area contributed by atoms with Crippen molar-refractivity contribution in [3.05, 3.63) is 176 Å². The van der Waals surface area contributed by atoms with Gasteiger partial charge in [-0.2, -0.15) is 0 Å². The van der Waals surface area contributed by atoms with Crippen molar-refractivity contribution in [3.63, 3.8) is 0 Å². The Kier molecular flexibility index (Phi) is 81.4. The molecule has 0 radical (unpaired) electrons. The maximum atomic E-state index is 2.56. The molecule has 0 N–H and O–H groups in total. The van der Waals surface area contributed by atoms with Crippen molar-refractivity contribution in [1.29, 1.82) is 0 Å². The van der Waals surface area contributed by atoms with Crippen molar-refractivity contribution in [1.82, 2.24) is 0 Å². The summed E-state index contributed by atoms with van der Waals surface area (Å²) in [4.78, 5) is 0. The molecule has 0 unspecified atom stereocenters. The van der Waals surface area contributed by atoms with Crippen LogP contribution in [0.3, 0.4) is 0 Å². The van der Waals surface area contributed by atoms with Crippen LogP contribution in [0.4, 0.5) is 0 Å². The molecule has 0 aliphatic heterocycles. The van der Waals surface area contributed by atoms with E-state index in [1.54, 1.807) is 0 Å². The van der Waals surface area contributed by atoms with E-state index in [0.29, 0.717) is 0 Å². The van der Waals surface area contributed by atoms with Crippen LogP contribution in [-0.2, 0) is 99.6 Å². The van der Waals surface area contributed by atoms with Crippen LogP contribution in [0.25, 0.3) is 0 Å². The van der Waals surface area contributed by atoms with Crippen LogP contribution >= 0.6 is 15.8 Å². The summed E-state index contributed by atoms with van der Waals surface area (Å²) in [6, 6.07) is 45.6. The summed E-state index contributed by atoms with van der Waals surface area (Å²) in [5, 5.41) is 8.84. The molecule has 0 saturated carbocycles. The summed E-state index contributed by atoms with van der Waals surface area (Å²) in [5.41, 5.74) is 17.2. The van der Waals surface area contributed by atoms with Gasteiger partial charge in [0.1, 0.15) is 78.5 Å². The minimum absolute atomic E-state index is 0.